The molecule has 3 atom stereocenters. The molecule has 0 aromatic heterocycles. The maximum Gasteiger partial charge on any atom is 0.325 e. The number of imide groups is 1. The summed E-state index contributed by atoms with van der Waals surface area (Å²) in [5.41, 5.74) is 2.09. The van der Waals surface area contributed by atoms with Gasteiger partial charge in [-0.25, -0.2) is 4.79 Å². The van der Waals surface area contributed by atoms with Gasteiger partial charge >= 0.3 is 6.03 Å². The van der Waals surface area contributed by atoms with Crippen molar-refractivity contribution in [1.82, 2.24) is 10.2 Å². The second-order valence-electron chi connectivity index (χ2n) is 16.3. The van der Waals surface area contributed by atoms with Crippen molar-refractivity contribution in [2.24, 2.45) is 5.41 Å². The van der Waals surface area contributed by atoms with Crippen molar-refractivity contribution in [3.05, 3.63) is 89.5 Å². The van der Waals surface area contributed by atoms with E-state index >= 15 is 0 Å². The van der Waals surface area contributed by atoms with Crippen LogP contribution in [0.2, 0.25) is 0 Å². The van der Waals surface area contributed by atoms with E-state index in [0.717, 1.165) is 23.3 Å². The Hall–Kier alpha value is -4.70. The van der Waals surface area contributed by atoms with Gasteiger partial charge in [-0.1, -0.05) is 129 Å². The van der Waals surface area contributed by atoms with Crippen LogP contribution in [0.3, 0.4) is 0 Å². The molecular formula is C43H55ClN4O6. The molecule has 0 spiro atoms. The van der Waals surface area contributed by atoms with Crippen molar-refractivity contribution in [2.75, 3.05) is 10.6 Å². The van der Waals surface area contributed by atoms with Gasteiger partial charge in [-0.15, -0.1) is 0 Å². The minimum absolute atomic E-state index is 0.0231. The lowest BCUT2D eigenvalue weighted by Gasteiger charge is -2.37. The molecule has 3 N–H and O–H groups in total. The summed E-state index contributed by atoms with van der Waals surface area (Å²) in [4.78, 5) is 66.9. The fourth-order valence-corrected chi connectivity index (χ4v) is 6.86. The number of alkyl halides is 1. The summed E-state index contributed by atoms with van der Waals surface area (Å²) in [7, 11) is 0. The Kier molecular flexibility index (Phi) is 12.7. The predicted octanol–water partition coefficient (Wildman–Crippen LogP) is 8.51. The molecule has 3 aromatic rings. The summed E-state index contributed by atoms with van der Waals surface area (Å²) >= 11 is 7.06. The SMILES string of the molecule is CCC(Oc1ccc(C(C)(C)CC)cc1C(C)(C)CC)C(=O)Nc1cccc(NC(=O)C(Cl)(C(=O)C(C)(C)C)C2C(=O)NC(=O)N2Cc2ccccc2)c1. The third-order valence-electron chi connectivity index (χ3n) is 10.5. The Morgan fingerprint density at radius 3 is 2.00 bits per heavy atom. The number of nitrogens with one attached hydrogen (secondary N) is 3. The molecule has 11 heteroatoms. The minimum atomic E-state index is -2.50. The lowest BCUT2D eigenvalue weighted by Crippen LogP contribution is -2.63. The second kappa shape index (κ2) is 16.3. The molecule has 0 aliphatic carbocycles. The number of Topliss-reactive ketones (excluding diaryl/α,β-unsaturated/α-hetero) is 1. The number of hydrogen-bond acceptors (Lipinski definition) is 6. The van der Waals surface area contributed by atoms with E-state index in [1.165, 1.54) is 11.6 Å². The zero-order valence-electron chi connectivity index (χ0n) is 33.2. The highest BCUT2D eigenvalue weighted by Crippen LogP contribution is 2.40. The highest BCUT2D eigenvalue weighted by Gasteiger charge is 2.62. The quantitative estimate of drug-likeness (QED) is 0.0809. The third-order valence-corrected chi connectivity index (χ3v) is 11.1. The van der Waals surface area contributed by atoms with Gasteiger partial charge in [-0.05, 0) is 65.5 Å². The van der Waals surface area contributed by atoms with Gasteiger partial charge in [0.1, 0.15) is 11.8 Å². The standard InChI is InChI=1S/C43H55ClN4O6/c1-11-32(54-33-23-22-28(41(7,8)12-2)24-31(33)42(9,10)13-3)35(49)45-29-20-17-21-30(25-29)46-38(52)43(44,37(51)40(4,5)6)34-36(50)47-39(53)48(34)26-27-18-15-14-16-19-27/h14-25,32,34H,11-13,26H2,1-10H3,(H,45,49)(H,46,52)(H,47,50,53). The van der Waals surface area contributed by atoms with Crippen molar-refractivity contribution < 1.29 is 28.7 Å². The third kappa shape index (κ3) is 8.97. The van der Waals surface area contributed by atoms with Crippen LogP contribution in [0, 0.1) is 5.41 Å². The minimum Gasteiger partial charge on any atom is -0.480 e. The van der Waals surface area contributed by atoms with Crippen molar-refractivity contribution in [2.45, 2.75) is 123 Å². The zero-order chi connectivity index (χ0) is 40.2. The molecule has 1 aliphatic rings. The Morgan fingerprint density at radius 1 is 0.815 bits per heavy atom. The highest BCUT2D eigenvalue weighted by atomic mass is 35.5. The maximum absolute atomic E-state index is 14.2. The maximum atomic E-state index is 14.2. The van der Waals surface area contributed by atoms with Crippen LogP contribution >= 0.6 is 11.6 Å². The number of carbonyl (C=O) groups is 5. The molecule has 1 saturated heterocycles. The lowest BCUT2D eigenvalue weighted by molar-refractivity contribution is -0.140. The number of nitrogens with zero attached hydrogens (tertiary/aromatic N) is 1. The molecule has 10 nitrogen and oxygen atoms in total. The number of hydrogen-bond donors (Lipinski definition) is 3. The number of anilines is 2. The van der Waals surface area contributed by atoms with E-state index in [1.54, 1.807) is 69.3 Å². The number of benzene rings is 3. The zero-order valence-corrected chi connectivity index (χ0v) is 33.9. The van der Waals surface area contributed by atoms with E-state index in [-0.39, 0.29) is 29.0 Å². The van der Waals surface area contributed by atoms with Gasteiger partial charge in [0.2, 0.25) is 4.87 Å². The summed E-state index contributed by atoms with van der Waals surface area (Å²) in [5.74, 6) is -2.33. The normalized spacial score (nSPS) is 16.6. The van der Waals surface area contributed by atoms with Crippen molar-refractivity contribution >= 4 is 52.5 Å². The fourth-order valence-electron chi connectivity index (χ4n) is 6.31. The van der Waals surface area contributed by atoms with E-state index in [4.69, 9.17) is 16.3 Å². The van der Waals surface area contributed by atoms with Crippen LogP contribution in [0.25, 0.3) is 0 Å². The van der Waals surface area contributed by atoms with Gasteiger partial charge in [-0.3, -0.25) is 24.5 Å². The summed E-state index contributed by atoms with van der Waals surface area (Å²) in [6.45, 7) is 19.6. The molecule has 0 radical (unpaired) electrons. The van der Waals surface area contributed by atoms with Crippen molar-refractivity contribution in [1.29, 1.82) is 0 Å². The van der Waals surface area contributed by atoms with E-state index in [1.807, 2.05) is 13.0 Å². The Balaban J connectivity index is 1.60. The monoisotopic (exact) mass is 758 g/mol. The molecule has 4 rings (SSSR count). The second-order valence-corrected chi connectivity index (χ2v) is 16.9. The molecule has 290 valence electrons. The molecule has 1 heterocycles. The Bertz CT molecular complexity index is 1890. The first kappa shape index (κ1) is 42.0. The first-order valence-corrected chi connectivity index (χ1v) is 19.0. The van der Waals surface area contributed by atoms with Gasteiger partial charge in [0.15, 0.2) is 11.9 Å². The first-order valence-electron chi connectivity index (χ1n) is 18.6. The molecule has 54 heavy (non-hydrogen) atoms. The van der Waals surface area contributed by atoms with Gasteiger partial charge < -0.3 is 20.3 Å². The summed E-state index contributed by atoms with van der Waals surface area (Å²) in [6.07, 6.45) is 1.41. The van der Waals surface area contributed by atoms with Crippen LogP contribution in [0.1, 0.15) is 105 Å². The highest BCUT2D eigenvalue weighted by molar-refractivity contribution is 6.51. The van der Waals surface area contributed by atoms with Crippen LogP contribution in [0.4, 0.5) is 16.2 Å². The average molecular weight is 759 g/mol. The number of carbonyl (C=O) groups excluding carboxylic acids is 5. The van der Waals surface area contributed by atoms with E-state index in [2.05, 4.69) is 69.6 Å². The average Bonchev–Trinajstić information content (AvgIpc) is 3.41. The summed E-state index contributed by atoms with van der Waals surface area (Å²) in [5, 5.41) is 7.82. The number of amides is 5. The number of ketones is 1. The molecule has 3 aromatic carbocycles. The molecule has 0 bridgehead atoms. The van der Waals surface area contributed by atoms with Crippen LogP contribution in [-0.2, 0) is 36.6 Å². The molecule has 1 aliphatic heterocycles. The number of urea groups is 1. The van der Waals surface area contributed by atoms with E-state index in [9.17, 15) is 24.0 Å². The van der Waals surface area contributed by atoms with Gasteiger partial charge in [0, 0.05) is 28.9 Å². The number of ether oxygens (including phenoxy) is 1. The molecule has 3 unspecified atom stereocenters. The van der Waals surface area contributed by atoms with E-state index in [0.29, 0.717) is 23.4 Å². The van der Waals surface area contributed by atoms with Crippen LogP contribution in [0.15, 0.2) is 72.8 Å². The molecular weight excluding hydrogens is 704 g/mol. The number of rotatable bonds is 15. The topological polar surface area (TPSA) is 134 Å². The Morgan fingerprint density at radius 2 is 1.43 bits per heavy atom. The van der Waals surface area contributed by atoms with Crippen LogP contribution in [0.5, 0.6) is 5.75 Å². The first-order chi connectivity index (χ1) is 25.2. The van der Waals surface area contributed by atoms with Gasteiger partial charge in [0.25, 0.3) is 17.7 Å². The van der Waals surface area contributed by atoms with Gasteiger partial charge in [0.05, 0.1) is 0 Å². The van der Waals surface area contributed by atoms with Crippen LogP contribution < -0.4 is 20.7 Å². The lowest BCUT2D eigenvalue weighted by atomic mass is 9.76. The predicted molar refractivity (Wildman–Crippen MR) is 214 cm³/mol. The molecule has 5 amide bonds. The van der Waals surface area contributed by atoms with Gasteiger partial charge in [-0.2, -0.15) is 0 Å². The molecule has 1 fully saturated rings. The Labute approximate surface area is 324 Å². The summed E-state index contributed by atoms with van der Waals surface area (Å²) < 4.78 is 6.44. The van der Waals surface area contributed by atoms with Crippen molar-refractivity contribution in [3.63, 3.8) is 0 Å². The summed E-state index contributed by atoms with van der Waals surface area (Å²) in [6, 6.07) is 19.1. The van der Waals surface area contributed by atoms with Crippen molar-refractivity contribution in [3.8, 4) is 5.75 Å². The number of halogens is 1. The van der Waals surface area contributed by atoms with E-state index < -0.39 is 46.1 Å². The van der Waals surface area contributed by atoms with Crippen LogP contribution in [-0.4, -0.2) is 51.5 Å². The largest absolute Gasteiger partial charge is 0.480 e. The molecule has 0 saturated carbocycles. The fraction of sp³-hybridized carbons (Fsp3) is 0.465. The smallest absolute Gasteiger partial charge is 0.325 e.